The number of halogens is 4. The van der Waals surface area contributed by atoms with E-state index in [1.807, 2.05) is 0 Å². The molecular formula is C20H18BrF3N2O2. The van der Waals surface area contributed by atoms with Crippen molar-refractivity contribution in [2.24, 2.45) is 0 Å². The maximum absolute atomic E-state index is 14.1. The summed E-state index contributed by atoms with van der Waals surface area (Å²) in [6, 6.07) is 9.43. The Labute approximate surface area is 168 Å². The normalized spacial score (nSPS) is 20.1. The number of rotatable bonds is 6. The molecule has 3 N–H and O–H groups in total. The summed E-state index contributed by atoms with van der Waals surface area (Å²) in [4.78, 5) is 0. The van der Waals surface area contributed by atoms with Crippen molar-refractivity contribution in [1.82, 2.24) is 0 Å². The maximum Gasteiger partial charge on any atom is 0.402 e. The fraction of sp³-hybridized carbons (Fsp3) is 0.300. The standard InChI is InChI=1S/C20H18BrF3N2O2/c1-18(20(22,23)24)14-5-3-2-4-13(14)17-15(18)8-12(9-16(17)21)28-7-6-19(27,10-25)11-26/h2-5,8-11,25-27H,6-7H2,1H3/t18-,19?/m0/s1. The molecule has 0 saturated heterocycles. The first-order chi connectivity index (χ1) is 13.1. The van der Waals surface area contributed by atoms with Crippen LogP contribution in [0.25, 0.3) is 11.1 Å². The second-order valence-electron chi connectivity index (χ2n) is 6.87. The molecule has 0 saturated carbocycles. The molecule has 0 spiro atoms. The molecule has 8 heteroatoms. The first-order valence-corrected chi connectivity index (χ1v) is 9.26. The first kappa shape index (κ1) is 20.5. The molecule has 2 aromatic carbocycles. The number of alkyl halides is 3. The summed E-state index contributed by atoms with van der Waals surface area (Å²) < 4.78 is 48.4. The number of aliphatic hydroxyl groups is 1. The topological polar surface area (TPSA) is 77.2 Å². The zero-order chi connectivity index (χ0) is 20.7. The zero-order valence-electron chi connectivity index (χ0n) is 14.9. The molecule has 0 aliphatic heterocycles. The molecule has 0 amide bonds. The summed E-state index contributed by atoms with van der Waals surface area (Å²) in [5.41, 5.74) is -2.61. The van der Waals surface area contributed by atoms with Gasteiger partial charge in [-0.1, -0.05) is 40.2 Å². The smallest absolute Gasteiger partial charge is 0.402 e. The van der Waals surface area contributed by atoms with Crippen LogP contribution in [0.15, 0.2) is 40.9 Å². The number of hydrogen-bond donors (Lipinski definition) is 3. The van der Waals surface area contributed by atoms with Gasteiger partial charge in [0.2, 0.25) is 0 Å². The second kappa shape index (κ2) is 7.00. The van der Waals surface area contributed by atoms with E-state index in [-0.39, 0.29) is 29.9 Å². The average molecular weight is 455 g/mol. The number of nitrogens with one attached hydrogen (secondary N) is 2. The zero-order valence-corrected chi connectivity index (χ0v) is 16.5. The average Bonchev–Trinajstić information content (AvgIpc) is 2.92. The third-order valence-corrected chi connectivity index (χ3v) is 5.80. The van der Waals surface area contributed by atoms with Crippen molar-refractivity contribution in [3.63, 3.8) is 0 Å². The largest absolute Gasteiger partial charge is 0.493 e. The van der Waals surface area contributed by atoms with Gasteiger partial charge in [0, 0.05) is 28.9 Å². The van der Waals surface area contributed by atoms with Crippen LogP contribution >= 0.6 is 15.9 Å². The van der Waals surface area contributed by atoms with Gasteiger partial charge >= 0.3 is 6.18 Å². The molecule has 1 atom stereocenters. The van der Waals surface area contributed by atoms with Gasteiger partial charge in [-0.25, -0.2) is 0 Å². The lowest BCUT2D eigenvalue weighted by Gasteiger charge is -2.30. The van der Waals surface area contributed by atoms with Crippen LogP contribution in [0.3, 0.4) is 0 Å². The van der Waals surface area contributed by atoms with Crippen LogP contribution in [-0.2, 0) is 5.41 Å². The van der Waals surface area contributed by atoms with Crippen LogP contribution in [0, 0.1) is 10.8 Å². The van der Waals surface area contributed by atoms with Gasteiger partial charge in [0.1, 0.15) is 16.8 Å². The van der Waals surface area contributed by atoms with E-state index in [0.717, 1.165) is 19.4 Å². The molecule has 148 valence electrons. The van der Waals surface area contributed by atoms with Crippen molar-refractivity contribution in [2.45, 2.75) is 30.5 Å². The molecule has 0 bridgehead atoms. The number of ether oxygens (including phenoxy) is 1. The lowest BCUT2D eigenvalue weighted by molar-refractivity contribution is -0.172. The minimum atomic E-state index is -4.51. The first-order valence-electron chi connectivity index (χ1n) is 8.46. The highest BCUT2D eigenvalue weighted by molar-refractivity contribution is 9.10. The molecular weight excluding hydrogens is 437 g/mol. The van der Waals surface area contributed by atoms with Crippen LogP contribution in [0.4, 0.5) is 13.2 Å². The van der Waals surface area contributed by atoms with E-state index >= 15 is 0 Å². The van der Waals surface area contributed by atoms with E-state index in [1.54, 1.807) is 24.3 Å². The van der Waals surface area contributed by atoms with Gasteiger partial charge < -0.3 is 20.7 Å². The highest BCUT2D eigenvalue weighted by Crippen LogP contribution is 2.58. The van der Waals surface area contributed by atoms with E-state index in [1.165, 1.54) is 12.1 Å². The van der Waals surface area contributed by atoms with Gasteiger partial charge in [-0.15, -0.1) is 0 Å². The lowest BCUT2D eigenvalue weighted by Crippen LogP contribution is -2.38. The Morgan fingerprint density at radius 3 is 2.39 bits per heavy atom. The Balaban J connectivity index is 2.02. The third-order valence-electron chi connectivity index (χ3n) is 5.18. The SMILES string of the molecule is C[C@]1(C(F)(F)F)c2ccccc2-c2c(Br)cc(OCCC(O)(C=N)C=N)cc21. The fourth-order valence-corrected chi connectivity index (χ4v) is 4.09. The van der Waals surface area contributed by atoms with Crippen LogP contribution in [0.5, 0.6) is 5.75 Å². The highest BCUT2D eigenvalue weighted by Gasteiger charge is 2.58. The van der Waals surface area contributed by atoms with Crippen molar-refractivity contribution < 1.29 is 23.0 Å². The molecule has 1 aliphatic rings. The van der Waals surface area contributed by atoms with E-state index in [4.69, 9.17) is 15.6 Å². The van der Waals surface area contributed by atoms with Crippen LogP contribution in [0.1, 0.15) is 24.5 Å². The predicted molar refractivity (Wildman–Crippen MR) is 105 cm³/mol. The molecule has 0 radical (unpaired) electrons. The summed E-state index contributed by atoms with van der Waals surface area (Å²) >= 11 is 3.38. The number of benzene rings is 2. The van der Waals surface area contributed by atoms with Gasteiger partial charge in [0.25, 0.3) is 0 Å². The van der Waals surface area contributed by atoms with Gasteiger partial charge in [-0.05, 0) is 35.7 Å². The molecule has 0 heterocycles. The minimum Gasteiger partial charge on any atom is -0.493 e. The Kier molecular flexibility index (Phi) is 5.14. The summed E-state index contributed by atoms with van der Waals surface area (Å²) in [5.74, 6) is 0.214. The van der Waals surface area contributed by atoms with Gasteiger partial charge in [0.15, 0.2) is 0 Å². The van der Waals surface area contributed by atoms with E-state index in [9.17, 15) is 18.3 Å². The molecule has 2 aromatic rings. The summed E-state index contributed by atoms with van der Waals surface area (Å²) in [5, 5.41) is 24.2. The minimum absolute atomic E-state index is 0.0640. The number of fused-ring (bicyclic) bond motifs is 3. The second-order valence-corrected chi connectivity index (χ2v) is 7.73. The summed E-state index contributed by atoms with van der Waals surface area (Å²) in [6.45, 7) is 1.10. The quantitative estimate of drug-likeness (QED) is 0.531. The van der Waals surface area contributed by atoms with Crippen LogP contribution < -0.4 is 4.74 Å². The Morgan fingerprint density at radius 2 is 1.79 bits per heavy atom. The highest BCUT2D eigenvalue weighted by atomic mass is 79.9. The molecule has 0 unspecified atom stereocenters. The molecule has 1 aliphatic carbocycles. The Morgan fingerprint density at radius 1 is 1.14 bits per heavy atom. The Bertz CT molecular complexity index is 938. The van der Waals surface area contributed by atoms with Gasteiger partial charge in [0.05, 0.1) is 6.61 Å². The van der Waals surface area contributed by atoms with Crippen molar-refractivity contribution in [1.29, 1.82) is 10.8 Å². The van der Waals surface area contributed by atoms with E-state index in [0.29, 0.717) is 15.6 Å². The van der Waals surface area contributed by atoms with Crippen molar-refractivity contribution in [3.8, 4) is 16.9 Å². The lowest BCUT2D eigenvalue weighted by atomic mass is 9.79. The van der Waals surface area contributed by atoms with Gasteiger partial charge in [-0.3, -0.25) is 0 Å². The predicted octanol–water partition coefficient (Wildman–Crippen LogP) is 5.10. The van der Waals surface area contributed by atoms with Crippen molar-refractivity contribution in [3.05, 3.63) is 52.0 Å². The molecule has 3 rings (SSSR count). The van der Waals surface area contributed by atoms with Crippen molar-refractivity contribution >= 4 is 28.4 Å². The summed E-state index contributed by atoms with van der Waals surface area (Å²) in [6.07, 6.45) is -3.13. The molecule has 0 aromatic heterocycles. The third kappa shape index (κ3) is 3.14. The van der Waals surface area contributed by atoms with Crippen LogP contribution in [0.2, 0.25) is 0 Å². The molecule has 28 heavy (non-hydrogen) atoms. The monoisotopic (exact) mass is 454 g/mol. The number of hydrogen-bond acceptors (Lipinski definition) is 4. The molecule has 0 fully saturated rings. The fourth-order valence-electron chi connectivity index (χ4n) is 3.44. The molecule has 4 nitrogen and oxygen atoms in total. The summed E-state index contributed by atoms with van der Waals surface area (Å²) in [7, 11) is 0. The van der Waals surface area contributed by atoms with Gasteiger partial charge in [-0.2, -0.15) is 13.2 Å². The van der Waals surface area contributed by atoms with Crippen LogP contribution in [-0.4, -0.2) is 35.9 Å². The van der Waals surface area contributed by atoms with E-state index in [2.05, 4.69) is 15.9 Å². The Hall–Kier alpha value is -2.19. The maximum atomic E-state index is 14.1. The van der Waals surface area contributed by atoms with Crippen molar-refractivity contribution in [2.75, 3.05) is 6.61 Å². The van der Waals surface area contributed by atoms with E-state index < -0.39 is 17.2 Å².